The first-order valence-corrected chi connectivity index (χ1v) is 6.45. The molecule has 21 heavy (non-hydrogen) atoms. The smallest absolute Gasteiger partial charge is 0.268 e. The second-order valence-electron chi connectivity index (χ2n) is 4.27. The van der Waals surface area contributed by atoms with E-state index in [2.05, 4.69) is 22.1 Å². The predicted molar refractivity (Wildman–Crippen MR) is 80.6 cm³/mol. The summed E-state index contributed by atoms with van der Waals surface area (Å²) < 4.78 is 0. The van der Waals surface area contributed by atoms with Gasteiger partial charge in [-0.05, 0) is 17.7 Å². The molecule has 2 aromatic rings. The summed E-state index contributed by atoms with van der Waals surface area (Å²) in [5, 5.41) is 2.75. The lowest BCUT2D eigenvalue weighted by Crippen LogP contribution is -2.26. The fraction of sp³-hybridized carbons (Fsp3) is 0.125. The van der Waals surface area contributed by atoms with Gasteiger partial charge in [0.1, 0.15) is 5.69 Å². The fourth-order valence-corrected chi connectivity index (χ4v) is 1.79. The van der Waals surface area contributed by atoms with Crippen LogP contribution in [0.25, 0.3) is 0 Å². The Kier molecular flexibility index (Phi) is 4.91. The molecule has 106 valence electrons. The number of carbonyl (C=O) groups excluding carboxylic acids is 1. The van der Waals surface area contributed by atoms with Crippen molar-refractivity contribution >= 4 is 5.91 Å². The number of pyridine rings is 1. The Labute approximate surface area is 122 Å². The molecule has 5 nitrogen and oxygen atoms in total. The third kappa shape index (κ3) is 4.06. The van der Waals surface area contributed by atoms with Crippen LogP contribution in [-0.4, -0.2) is 17.4 Å². The molecular formula is C16H15N3O2. The van der Waals surface area contributed by atoms with Crippen LogP contribution >= 0.6 is 0 Å². The van der Waals surface area contributed by atoms with E-state index in [9.17, 15) is 9.59 Å². The first-order chi connectivity index (χ1) is 10.2. The van der Waals surface area contributed by atoms with E-state index in [1.807, 2.05) is 24.3 Å². The van der Waals surface area contributed by atoms with Crippen molar-refractivity contribution in [1.82, 2.24) is 10.3 Å². The lowest BCUT2D eigenvalue weighted by molar-refractivity contribution is 0.0945. The van der Waals surface area contributed by atoms with Gasteiger partial charge in [0.25, 0.3) is 5.91 Å². The summed E-state index contributed by atoms with van der Waals surface area (Å²) in [6.07, 6.45) is 0. The van der Waals surface area contributed by atoms with Gasteiger partial charge < -0.3 is 16.0 Å². The highest BCUT2D eigenvalue weighted by atomic mass is 16.2. The molecule has 0 saturated carbocycles. The second-order valence-corrected chi connectivity index (χ2v) is 4.27. The zero-order valence-corrected chi connectivity index (χ0v) is 11.3. The van der Waals surface area contributed by atoms with Crippen molar-refractivity contribution < 1.29 is 4.79 Å². The molecule has 1 aromatic carbocycles. The number of amides is 1. The maximum absolute atomic E-state index is 12.0. The summed E-state index contributed by atoms with van der Waals surface area (Å²) in [6.45, 7) is 0.608. The van der Waals surface area contributed by atoms with Gasteiger partial charge in [-0.1, -0.05) is 36.1 Å². The molecule has 5 heteroatoms. The van der Waals surface area contributed by atoms with E-state index in [4.69, 9.17) is 5.73 Å². The number of aromatic nitrogens is 1. The normalized spacial score (nSPS) is 9.57. The number of rotatable bonds is 3. The van der Waals surface area contributed by atoms with Gasteiger partial charge in [-0.2, -0.15) is 0 Å². The lowest BCUT2D eigenvalue weighted by Gasteiger charge is -2.07. The molecule has 1 aromatic heterocycles. The van der Waals surface area contributed by atoms with Crippen molar-refractivity contribution in [3.05, 3.63) is 69.6 Å². The SMILES string of the molecule is NCC#Cc1ccccc1CNC(=O)c1cccc(=O)[nH]1. The number of carbonyl (C=O) groups is 1. The number of hydrogen-bond donors (Lipinski definition) is 3. The van der Waals surface area contributed by atoms with Crippen LogP contribution in [0.5, 0.6) is 0 Å². The zero-order chi connectivity index (χ0) is 15.1. The molecule has 4 N–H and O–H groups in total. The molecule has 0 fully saturated rings. The van der Waals surface area contributed by atoms with E-state index in [0.717, 1.165) is 11.1 Å². The van der Waals surface area contributed by atoms with Gasteiger partial charge in [0.05, 0.1) is 6.54 Å². The first kappa shape index (κ1) is 14.6. The number of nitrogens with one attached hydrogen (secondary N) is 2. The standard InChI is InChI=1S/C16H15N3O2/c17-10-4-7-12-5-1-2-6-13(12)11-18-16(21)14-8-3-9-15(20)19-14/h1-3,5-6,8-9H,10-11,17H2,(H,18,21)(H,19,20). The first-order valence-electron chi connectivity index (χ1n) is 6.45. The molecule has 0 unspecified atom stereocenters. The topological polar surface area (TPSA) is 88.0 Å². The highest BCUT2D eigenvalue weighted by Gasteiger charge is 2.06. The Morgan fingerprint density at radius 2 is 2.00 bits per heavy atom. The number of aromatic amines is 1. The Morgan fingerprint density at radius 1 is 1.19 bits per heavy atom. The van der Waals surface area contributed by atoms with E-state index in [0.29, 0.717) is 6.54 Å². The molecule has 2 rings (SSSR count). The van der Waals surface area contributed by atoms with E-state index in [-0.39, 0.29) is 23.7 Å². The third-order valence-corrected chi connectivity index (χ3v) is 2.79. The summed E-state index contributed by atoms with van der Waals surface area (Å²) in [4.78, 5) is 25.6. The molecule has 0 atom stereocenters. The fourth-order valence-electron chi connectivity index (χ4n) is 1.79. The minimum Gasteiger partial charge on any atom is -0.347 e. The summed E-state index contributed by atoms with van der Waals surface area (Å²) >= 11 is 0. The van der Waals surface area contributed by atoms with Crippen LogP contribution in [0.3, 0.4) is 0 Å². The van der Waals surface area contributed by atoms with E-state index >= 15 is 0 Å². The Hall–Kier alpha value is -2.84. The molecule has 0 radical (unpaired) electrons. The van der Waals surface area contributed by atoms with Crippen molar-refractivity contribution in [2.75, 3.05) is 6.54 Å². The van der Waals surface area contributed by atoms with Crippen LogP contribution in [0.2, 0.25) is 0 Å². The Morgan fingerprint density at radius 3 is 2.76 bits per heavy atom. The number of hydrogen-bond acceptors (Lipinski definition) is 3. The maximum atomic E-state index is 12.0. The van der Waals surface area contributed by atoms with Crippen molar-refractivity contribution in [2.45, 2.75) is 6.54 Å². The van der Waals surface area contributed by atoms with Crippen LogP contribution in [0.4, 0.5) is 0 Å². The number of nitrogens with two attached hydrogens (primary N) is 1. The molecule has 0 aliphatic rings. The molecule has 1 heterocycles. The van der Waals surface area contributed by atoms with Gasteiger partial charge in [0.15, 0.2) is 0 Å². The van der Waals surface area contributed by atoms with Crippen LogP contribution in [0, 0.1) is 11.8 Å². The lowest BCUT2D eigenvalue weighted by atomic mass is 10.1. The largest absolute Gasteiger partial charge is 0.347 e. The summed E-state index contributed by atoms with van der Waals surface area (Å²) in [7, 11) is 0. The van der Waals surface area contributed by atoms with Gasteiger partial charge in [-0.25, -0.2) is 0 Å². The molecule has 0 aliphatic heterocycles. The maximum Gasteiger partial charge on any atom is 0.268 e. The van der Waals surface area contributed by atoms with Crippen LogP contribution in [-0.2, 0) is 6.54 Å². The summed E-state index contributed by atoms with van der Waals surface area (Å²) in [6, 6.07) is 11.9. The van der Waals surface area contributed by atoms with Crippen molar-refractivity contribution in [2.24, 2.45) is 5.73 Å². The molecule has 1 amide bonds. The predicted octanol–water partition coefficient (Wildman–Crippen LogP) is 0.615. The minimum atomic E-state index is -0.339. The molecule has 0 spiro atoms. The van der Waals surface area contributed by atoms with Crippen molar-refractivity contribution in [1.29, 1.82) is 0 Å². The summed E-state index contributed by atoms with van der Waals surface area (Å²) in [5.41, 5.74) is 7.00. The van der Waals surface area contributed by atoms with Crippen LogP contribution < -0.4 is 16.6 Å². The zero-order valence-electron chi connectivity index (χ0n) is 11.3. The highest BCUT2D eigenvalue weighted by Crippen LogP contribution is 2.07. The average molecular weight is 281 g/mol. The second kappa shape index (κ2) is 7.08. The molecule has 0 bridgehead atoms. The Bertz CT molecular complexity index is 754. The van der Waals surface area contributed by atoms with E-state index < -0.39 is 0 Å². The van der Waals surface area contributed by atoms with E-state index in [1.165, 1.54) is 12.1 Å². The van der Waals surface area contributed by atoms with Crippen molar-refractivity contribution in [3.63, 3.8) is 0 Å². The van der Waals surface area contributed by atoms with Gasteiger partial charge >= 0.3 is 0 Å². The van der Waals surface area contributed by atoms with Crippen LogP contribution in [0.1, 0.15) is 21.6 Å². The van der Waals surface area contributed by atoms with Crippen LogP contribution in [0.15, 0.2) is 47.3 Å². The van der Waals surface area contributed by atoms with Crippen molar-refractivity contribution in [3.8, 4) is 11.8 Å². The monoisotopic (exact) mass is 281 g/mol. The molecule has 0 aliphatic carbocycles. The Balaban J connectivity index is 2.10. The minimum absolute atomic E-state index is 0.230. The van der Waals surface area contributed by atoms with E-state index in [1.54, 1.807) is 6.07 Å². The van der Waals surface area contributed by atoms with Gasteiger partial charge in [-0.3, -0.25) is 9.59 Å². The van der Waals surface area contributed by atoms with Gasteiger partial charge in [-0.15, -0.1) is 0 Å². The summed E-state index contributed by atoms with van der Waals surface area (Å²) in [5.74, 6) is 5.41. The molecule has 0 saturated heterocycles. The molecular weight excluding hydrogens is 266 g/mol. The quantitative estimate of drug-likeness (QED) is 0.720. The van der Waals surface area contributed by atoms with Gasteiger partial charge in [0, 0.05) is 18.2 Å². The number of benzene rings is 1. The third-order valence-electron chi connectivity index (χ3n) is 2.79. The average Bonchev–Trinajstić information content (AvgIpc) is 2.51. The highest BCUT2D eigenvalue weighted by molar-refractivity contribution is 5.92. The van der Waals surface area contributed by atoms with Gasteiger partial charge in [0.2, 0.25) is 5.56 Å². The number of H-pyrrole nitrogens is 1.